The molecule has 4 rings (SSSR count). The van der Waals surface area contributed by atoms with Crippen molar-refractivity contribution in [1.82, 2.24) is 5.32 Å². The summed E-state index contributed by atoms with van der Waals surface area (Å²) in [5.74, 6) is 2.73. The molecule has 0 radical (unpaired) electrons. The van der Waals surface area contributed by atoms with Crippen molar-refractivity contribution in [2.24, 2.45) is 0 Å². The summed E-state index contributed by atoms with van der Waals surface area (Å²) in [7, 11) is 0. The van der Waals surface area contributed by atoms with E-state index >= 15 is 0 Å². The van der Waals surface area contributed by atoms with Crippen LogP contribution in [0.25, 0.3) is 0 Å². The van der Waals surface area contributed by atoms with E-state index in [9.17, 15) is 4.39 Å². The first-order valence-electron chi connectivity index (χ1n) is 7.86. The van der Waals surface area contributed by atoms with Gasteiger partial charge in [-0.1, -0.05) is 12.1 Å². The van der Waals surface area contributed by atoms with Crippen molar-refractivity contribution >= 4 is 0 Å². The Balaban J connectivity index is 1.39. The van der Waals surface area contributed by atoms with Gasteiger partial charge in [-0.15, -0.1) is 0 Å². The molecule has 2 unspecified atom stereocenters. The van der Waals surface area contributed by atoms with Gasteiger partial charge in [0, 0.05) is 12.6 Å². The van der Waals surface area contributed by atoms with E-state index in [1.54, 1.807) is 18.2 Å². The zero-order chi connectivity index (χ0) is 16.5. The maximum absolute atomic E-state index is 14.7. The van der Waals surface area contributed by atoms with E-state index < -0.39 is 6.17 Å². The molecule has 0 fully saturated rings. The van der Waals surface area contributed by atoms with E-state index in [4.69, 9.17) is 18.9 Å². The lowest BCUT2D eigenvalue weighted by atomic mass is 10.0. The van der Waals surface area contributed by atoms with Crippen molar-refractivity contribution in [2.75, 3.05) is 13.6 Å². The normalized spacial score (nSPS) is 16.9. The molecule has 0 bridgehead atoms. The van der Waals surface area contributed by atoms with E-state index in [1.807, 2.05) is 25.1 Å². The van der Waals surface area contributed by atoms with Gasteiger partial charge in [-0.25, -0.2) is 4.39 Å². The van der Waals surface area contributed by atoms with Crippen LogP contribution in [0.1, 0.15) is 24.2 Å². The minimum atomic E-state index is -1.14. The van der Waals surface area contributed by atoms with E-state index in [0.717, 1.165) is 17.1 Å². The van der Waals surface area contributed by atoms with Gasteiger partial charge in [0.05, 0.1) is 0 Å². The molecule has 2 aromatic rings. The standard InChI is InChI=1S/C18H18FNO4/c1-11(18(19)13-3-5-15-17(7-13)24-10-22-15)20-8-12-2-4-14-16(6-12)23-9-21-14/h2-7,11,18,20H,8-10H2,1H3. The SMILES string of the molecule is CC(NCc1ccc2c(c1)OCO2)C(F)c1ccc2c(c1)OCO2. The lowest BCUT2D eigenvalue weighted by Gasteiger charge is -2.19. The minimum Gasteiger partial charge on any atom is -0.454 e. The molecule has 0 aromatic heterocycles. The van der Waals surface area contributed by atoms with Crippen molar-refractivity contribution in [1.29, 1.82) is 0 Å². The summed E-state index contributed by atoms with van der Waals surface area (Å²) < 4.78 is 35.9. The highest BCUT2D eigenvalue weighted by Crippen LogP contribution is 2.36. The highest BCUT2D eigenvalue weighted by Gasteiger charge is 2.22. The lowest BCUT2D eigenvalue weighted by Crippen LogP contribution is -2.29. The molecule has 0 amide bonds. The molecule has 2 aliphatic heterocycles. The third-order valence-electron chi connectivity index (χ3n) is 4.22. The maximum atomic E-state index is 14.7. The van der Waals surface area contributed by atoms with Crippen LogP contribution < -0.4 is 24.3 Å². The summed E-state index contributed by atoms with van der Waals surface area (Å²) in [6, 6.07) is 10.6. The van der Waals surface area contributed by atoms with Gasteiger partial charge in [-0.2, -0.15) is 0 Å². The highest BCUT2D eigenvalue weighted by atomic mass is 19.1. The van der Waals surface area contributed by atoms with Crippen LogP contribution in [0.3, 0.4) is 0 Å². The van der Waals surface area contributed by atoms with E-state index in [2.05, 4.69) is 5.32 Å². The van der Waals surface area contributed by atoms with E-state index in [0.29, 0.717) is 23.6 Å². The van der Waals surface area contributed by atoms with Gasteiger partial charge in [-0.05, 0) is 42.3 Å². The van der Waals surface area contributed by atoms with Crippen LogP contribution in [0.2, 0.25) is 0 Å². The molecular formula is C18H18FNO4. The number of nitrogens with one attached hydrogen (secondary N) is 1. The average Bonchev–Trinajstić information content (AvgIpc) is 3.26. The molecule has 0 aliphatic carbocycles. The molecule has 126 valence electrons. The molecule has 2 heterocycles. The second-order valence-corrected chi connectivity index (χ2v) is 5.87. The van der Waals surface area contributed by atoms with Gasteiger partial charge in [0.25, 0.3) is 0 Å². The van der Waals surface area contributed by atoms with Gasteiger partial charge < -0.3 is 24.3 Å². The fraction of sp³-hybridized carbons (Fsp3) is 0.333. The quantitative estimate of drug-likeness (QED) is 0.911. The number of alkyl halides is 1. The Kier molecular flexibility index (Phi) is 3.90. The highest BCUT2D eigenvalue weighted by molar-refractivity contribution is 5.46. The molecule has 24 heavy (non-hydrogen) atoms. The zero-order valence-electron chi connectivity index (χ0n) is 13.3. The average molecular weight is 331 g/mol. The topological polar surface area (TPSA) is 49.0 Å². The Morgan fingerprint density at radius 3 is 2.29 bits per heavy atom. The van der Waals surface area contributed by atoms with Gasteiger partial charge in [0.1, 0.15) is 6.17 Å². The molecule has 5 nitrogen and oxygen atoms in total. The van der Waals surface area contributed by atoms with Crippen molar-refractivity contribution in [3.63, 3.8) is 0 Å². The number of ether oxygens (including phenoxy) is 4. The summed E-state index contributed by atoms with van der Waals surface area (Å²) in [6.45, 7) is 2.80. The summed E-state index contributed by atoms with van der Waals surface area (Å²) in [6.07, 6.45) is -1.14. The van der Waals surface area contributed by atoms with Crippen LogP contribution in [0.15, 0.2) is 36.4 Å². The molecule has 0 spiro atoms. The second-order valence-electron chi connectivity index (χ2n) is 5.87. The van der Waals surface area contributed by atoms with Crippen molar-refractivity contribution in [2.45, 2.75) is 25.7 Å². The van der Waals surface area contributed by atoms with Crippen LogP contribution in [-0.2, 0) is 6.54 Å². The number of benzene rings is 2. The number of fused-ring (bicyclic) bond motifs is 2. The Bertz CT molecular complexity index is 752. The summed E-state index contributed by atoms with van der Waals surface area (Å²) in [4.78, 5) is 0. The molecule has 0 saturated heterocycles. The van der Waals surface area contributed by atoms with Crippen LogP contribution in [0, 0.1) is 0 Å². The van der Waals surface area contributed by atoms with Crippen LogP contribution >= 0.6 is 0 Å². The Hall–Kier alpha value is -2.47. The van der Waals surface area contributed by atoms with Gasteiger partial charge in [-0.3, -0.25) is 0 Å². The smallest absolute Gasteiger partial charge is 0.231 e. The predicted molar refractivity (Wildman–Crippen MR) is 85.3 cm³/mol. The fourth-order valence-electron chi connectivity index (χ4n) is 2.81. The summed E-state index contributed by atoms with van der Waals surface area (Å²) >= 11 is 0. The van der Waals surface area contributed by atoms with Crippen LogP contribution in [0.4, 0.5) is 4.39 Å². The molecule has 0 saturated carbocycles. The number of halogens is 1. The second kappa shape index (κ2) is 6.20. The Labute approximate surface area is 139 Å². The molecule has 2 aromatic carbocycles. The largest absolute Gasteiger partial charge is 0.454 e. The molecule has 2 aliphatic rings. The third-order valence-corrected chi connectivity index (χ3v) is 4.22. The molecule has 1 N–H and O–H groups in total. The molecule has 2 atom stereocenters. The van der Waals surface area contributed by atoms with E-state index in [-0.39, 0.29) is 19.6 Å². The summed E-state index contributed by atoms with van der Waals surface area (Å²) in [5, 5.41) is 3.21. The minimum absolute atomic E-state index is 0.188. The van der Waals surface area contributed by atoms with Crippen LogP contribution in [0.5, 0.6) is 23.0 Å². The number of hydrogen-bond donors (Lipinski definition) is 1. The van der Waals surface area contributed by atoms with E-state index in [1.165, 1.54) is 0 Å². The Morgan fingerprint density at radius 2 is 1.54 bits per heavy atom. The first kappa shape index (κ1) is 15.1. The van der Waals surface area contributed by atoms with Crippen molar-refractivity contribution < 1.29 is 23.3 Å². The van der Waals surface area contributed by atoms with Gasteiger partial charge in [0.2, 0.25) is 13.6 Å². The summed E-state index contributed by atoms with van der Waals surface area (Å²) in [5.41, 5.74) is 1.59. The first-order valence-corrected chi connectivity index (χ1v) is 7.86. The first-order chi connectivity index (χ1) is 11.7. The lowest BCUT2D eigenvalue weighted by molar-refractivity contribution is 0.173. The number of rotatable bonds is 5. The van der Waals surface area contributed by atoms with Crippen molar-refractivity contribution in [3.05, 3.63) is 47.5 Å². The van der Waals surface area contributed by atoms with Gasteiger partial charge >= 0.3 is 0 Å². The van der Waals surface area contributed by atoms with Crippen LogP contribution in [-0.4, -0.2) is 19.6 Å². The fourth-order valence-corrected chi connectivity index (χ4v) is 2.81. The number of hydrogen-bond acceptors (Lipinski definition) is 5. The third kappa shape index (κ3) is 2.85. The maximum Gasteiger partial charge on any atom is 0.231 e. The monoisotopic (exact) mass is 331 g/mol. The zero-order valence-corrected chi connectivity index (χ0v) is 13.3. The Morgan fingerprint density at radius 1 is 0.917 bits per heavy atom. The molecular weight excluding hydrogens is 313 g/mol. The van der Waals surface area contributed by atoms with Crippen molar-refractivity contribution in [3.8, 4) is 23.0 Å². The van der Waals surface area contributed by atoms with Gasteiger partial charge in [0.15, 0.2) is 23.0 Å². The molecule has 6 heteroatoms. The predicted octanol–water partition coefficient (Wildman–Crippen LogP) is 3.33.